The summed E-state index contributed by atoms with van der Waals surface area (Å²) >= 11 is 0. The molecule has 4 aromatic rings. The second-order valence-electron chi connectivity index (χ2n) is 10.0. The van der Waals surface area contributed by atoms with Crippen molar-refractivity contribution >= 4 is 23.4 Å². The molecule has 44 heavy (non-hydrogen) atoms. The van der Waals surface area contributed by atoms with Gasteiger partial charge in [0.05, 0.1) is 23.4 Å². The molecule has 0 saturated carbocycles. The van der Waals surface area contributed by atoms with Crippen molar-refractivity contribution in [3.05, 3.63) is 112 Å². The molecule has 1 atom stereocenters. The summed E-state index contributed by atoms with van der Waals surface area (Å²) in [6.45, 7) is 4.94. The van der Waals surface area contributed by atoms with Gasteiger partial charge in [-0.2, -0.15) is 18.3 Å². The molecule has 2 amide bonds. The minimum Gasteiger partial charge on any atom is -0.458 e. The molecule has 228 valence electrons. The maximum atomic E-state index is 14.5. The van der Waals surface area contributed by atoms with E-state index < -0.39 is 65.1 Å². The van der Waals surface area contributed by atoms with E-state index in [0.29, 0.717) is 30.5 Å². The Morgan fingerprint density at radius 2 is 1.89 bits per heavy atom. The molecule has 0 aliphatic heterocycles. The molecule has 0 saturated heterocycles. The number of ether oxygens (including phenoxy) is 1. The summed E-state index contributed by atoms with van der Waals surface area (Å²) < 4.78 is 73.4. The lowest BCUT2D eigenvalue weighted by Gasteiger charge is -2.16. The van der Waals surface area contributed by atoms with Crippen molar-refractivity contribution in [3.63, 3.8) is 0 Å². The fourth-order valence-corrected chi connectivity index (χ4v) is 5.08. The summed E-state index contributed by atoms with van der Waals surface area (Å²) in [6.07, 6.45) is -1.60. The Balaban J connectivity index is 1.37. The largest absolute Gasteiger partial charge is 0.458 e. The van der Waals surface area contributed by atoms with Crippen LogP contribution in [0.3, 0.4) is 0 Å². The highest BCUT2D eigenvalue weighted by Gasteiger charge is 2.34. The zero-order chi connectivity index (χ0) is 31.8. The highest BCUT2D eigenvalue weighted by atomic mass is 19.4. The lowest BCUT2D eigenvalue weighted by atomic mass is 9.98. The van der Waals surface area contributed by atoms with Gasteiger partial charge in [-0.3, -0.25) is 9.59 Å². The van der Waals surface area contributed by atoms with Crippen LogP contribution < -0.4 is 10.6 Å². The van der Waals surface area contributed by atoms with Crippen molar-refractivity contribution in [1.29, 1.82) is 0 Å². The maximum Gasteiger partial charge on any atom is 0.419 e. The molecule has 2 N–H and O–H groups in total. The zero-order valence-electron chi connectivity index (χ0n) is 23.1. The highest BCUT2D eigenvalue weighted by Crippen LogP contribution is 2.35. The summed E-state index contributed by atoms with van der Waals surface area (Å²) in [5, 5.41) is 9.07. The molecule has 0 spiro atoms. The highest BCUT2D eigenvalue weighted by molar-refractivity contribution is 5.98. The standard InChI is InChI=1S/C30H24F5N5O4/c1-3-10-44-29(43)18-5-6-19-17(15(18)2)7-9-23(19)39-28(42)25-12-24(38-26-22(32)14-37-40(25)26)27(41)36-13-16-4-8-21(31)20(11-16)30(33,34)35/h3-6,8,11-12,14,23H,1,7,9-10,13H2,2H3,(H,36,41)(H,39,42)/t23-/m0/s1. The van der Waals surface area contributed by atoms with Crippen LogP contribution in [-0.4, -0.2) is 39.0 Å². The summed E-state index contributed by atoms with van der Waals surface area (Å²) in [4.78, 5) is 42.7. The van der Waals surface area contributed by atoms with Crippen molar-refractivity contribution < 1.29 is 41.1 Å². The van der Waals surface area contributed by atoms with Gasteiger partial charge in [0.1, 0.15) is 23.8 Å². The van der Waals surface area contributed by atoms with Crippen LogP contribution >= 0.6 is 0 Å². The SMILES string of the molecule is C=CCOC(=O)c1ccc2c(c1C)CC[C@@H]2NC(=O)c1cc(C(=O)NCc2ccc(F)c(C(F)(F)F)c2)nc2c(F)cnn12. The van der Waals surface area contributed by atoms with Gasteiger partial charge in [0.2, 0.25) is 0 Å². The van der Waals surface area contributed by atoms with E-state index in [2.05, 4.69) is 27.3 Å². The Morgan fingerprint density at radius 1 is 1.11 bits per heavy atom. The number of carbonyl (C=O) groups excluding carboxylic acids is 3. The molecule has 0 unspecified atom stereocenters. The topological polar surface area (TPSA) is 115 Å². The Bertz CT molecular complexity index is 1820. The number of amides is 2. The Kier molecular flexibility index (Phi) is 8.17. The molecule has 0 radical (unpaired) electrons. The Hall–Kier alpha value is -5.14. The fraction of sp³-hybridized carbons (Fsp3) is 0.233. The second-order valence-corrected chi connectivity index (χ2v) is 10.0. The maximum absolute atomic E-state index is 14.5. The molecular weight excluding hydrogens is 589 g/mol. The van der Waals surface area contributed by atoms with Gasteiger partial charge < -0.3 is 15.4 Å². The van der Waals surface area contributed by atoms with Crippen molar-refractivity contribution in [3.8, 4) is 0 Å². The molecule has 0 fully saturated rings. The average Bonchev–Trinajstić information content (AvgIpc) is 3.57. The monoisotopic (exact) mass is 613 g/mol. The number of nitrogens with one attached hydrogen (secondary N) is 2. The molecule has 1 aliphatic carbocycles. The first kappa shape index (κ1) is 30.3. The van der Waals surface area contributed by atoms with Gasteiger partial charge >= 0.3 is 12.1 Å². The number of esters is 1. The summed E-state index contributed by atoms with van der Waals surface area (Å²) in [5.74, 6) is -4.49. The minimum atomic E-state index is -4.93. The van der Waals surface area contributed by atoms with E-state index in [9.17, 15) is 36.3 Å². The third-order valence-electron chi connectivity index (χ3n) is 7.23. The molecule has 9 nitrogen and oxygen atoms in total. The predicted molar refractivity (Wildman–Crippen MR) is 146 cm³/mol. The second kappa shape index (κ2) is 11.9. The van der Waals surface area contributed by atoms with Gasteiger partial charge in [0, 0.05) is 12.6 Å². The first-order chi connectivity index (χ1) is 20.9. The van der Waals surface area contributed by atoms with Gasteiger partial charge in [-0.15, -0.1) is 0 Å². The lowest BCUT2D eigenvalue weighted by Crippen LogP contribution is -2.31. The summed E-state index contributed by atoms with van der Waals surface area (Å²) in [7, 11) is 0. The van der Waals surface area contributed by atoms with Crippen LogP contribution in [0.5, 0.6) is 0 Å². The van der Waals surface area contributed by atoms with Gasteiger partial charge in [-0.05, 0) is 60.2 Å². The predicted octanol–water partition coefficient (Wildman–Crippen LogP) is 5.02. The van der Waals surface area contributed by atoms with E-state index in [1.165, 1.54) is 6.08 Å². The number of halogens is 5. The van der Waals surface area contributed by atoms with Gasteiger partial charge in [0.25, 0.3) is 11.8 Å². The number of benzene rings is 2. The first-order valence-corrected chi connectivity index (χ1v) is 13.3. The van der Waals surface area contributed by atoms with Crippen LogP contribution in [-0.2, 0) is 23.9 Å². The molecular formula is C30H24F5N5O4. The van der Waals surface area contributed by atoms with E-state index >= 15 is 0 Å². The van der Waals surface area contributed by atoms with Crippen molar-refractivity contribution in [1.82, 2.24) is 25.2 Å². The van der Waals surface area contributed by atoms with E-state index in [1.807, 2.05) is 0 Å². The molecule has 2 aromatic heterocycles. The van der Waals surface area contributed by atoms with Crippen LogP contribution in [0.2, 0.25) is 0 Å². The fourth-order valence-electron chi connectivity index (χ4n) is 5.08. The Morgan fingerprint density at radius 3 is 2.61 bits per heavy atom. The molecule has 0 bridgehead atoms. The number of hydrogen-bond donors (Lipinski definition) is 2. The summed E-state index contributed by atoms with van der Waals surface area (Å²) in [5.41, 5.74) is 0.194. The molecule has 5 rings (SSSR count). The minimum absolute atomic E-state index is 0.0472. The number of rotatable bonds is 8. The van der Waals surface area contributed by atoms with Crippen LogP contribution in [0.4, 0.5) is 22.0 Å². The van der Waals surface area contributed by atoms with Gasteiger partial charge in [-0.25, -0.2) is 23.1 Å². The summed E-state index contributed by atoms with van der Waals surface area (Å²) in [6, 6.07) is 6.21. The van der Waals surface area contributed by atoms with Crippen LogP contribution in [0, 0.1) is 18.6 Å². The third kappa shape index (κ3) is 5.87. The van der Waals surface area contributed by atoms with Crippen LogP contribution in [0.25, 0.3) is 5.65 Å². The quantitative estimate of drug-likeness (QED) is 0.164. The van der Waals surface area contributed by atoms with E-state index in [-0.39, 0.29) is 17.9 Å². The molecule has 1 aliphatic rings. The molecule has 14 heteroatoms. The van der Waals surface area contributed by atoms with Crippen LogP contribution in [0.1, 0.15) is 71.6 Å². The number of aromatic nitrogens is 3. The van der Waals surface area contributed by atoms with E-state index in [4.69, 9.17) is 4.74 Å². The number of fused-ring (bicyclic) bond motifs is 2. The molecule has 2 heterocycles. The van der Waals surface area contributed by atoms with Gasteiger partial charge in [0.15, 0.2) is 11.5 Å². The number of carbonyl (C=O) groups is 3. The number of alkyl halides is 3. The van der Waals surface area contributed by atoms with Crippen molar-refractivity contribution in [2.75, 3.05) is 6.61 Å². The van der Waals surface area contributed by atoms with Gasteiger partial charge in [-0.1, -0.05) is 24.8 Å². The third-order valence-corrected chi connectivity index (χ3v) is 7.23. The first-order valence-electron chi connectivity index (χ1n) is 13.3. The van der Waals surface area contributed by atoms with E-state index in [0.717, 1.165) is 39.5 Å². The average molecular weight is 614 g/mol. The smallest absolute Gasteiger partial charge is 0.419 e. The van der Waals surface area contributed by atoms with Crippen molar-refractivity contribution in [2.24, 2.45) is 0 Å². The number of hydrogen-bond acceptors (Lipinski definition) is 6. The number of nitrogens with zero attached hydrogens (tertiary/aromatic N) is 3. The normalized spacial score (nSPS) is 14.3. The molecule has 2 aromatic carbocycles. The van der Waals surface area contributed by atoms with Crippen LogP contribution in [0.15, 0.2) is 55.3 Å². The Labute approximate surface area is 246 Å². The van der Waals surface area contributed by atoms with E-state index in [1.54, 1.807) is 19.1 Å². The van der Waals surface area contributed by atoms with Crippen molar-refractivity contribution in [2.45, 2.75) is 38.5 Å². The lowest BCUT2D eigenvalue weighted by molar-refractivity contribution is -0.140. The zero-order valence-corrected chi connectivity index (χ0v) is 23.1.